The normalized spacial score (nSPS) is 13.7. The van der Waals surface area contributed by atoms with Crippen LogP contribution in [0.25, 0.3) is 16.5 Å². The van der Waals surface area contributed by atoms with Crippen LogP contribution in [0.5, 0.6) is 11.5 Å². The Labute approximate surface area is 183 Å². The first-order chi connectivity index (χ1) is 15.1. The summed E-state index contributed by atoms with van der Waals surface area (Å²) in [7, 11) is 3.30. The molecular formula is C26H29NO4. The number of nitrogens with one attached hydrogen (secondary N) is 1. The summed E-state index contributed by atoms with van der Waals surface area (Å²) in [6.45, 7) is 2.48. The lowest BCUT2D eigenvalue weighted by molar-refractivity contribution is -0.116. The van der Waals surface area contributed by atoms with Crippen LogP contribution in [0.3, 0.4) is 0 Å². The van der Waals surface area contributed by atoms with E-state index in [9.17, 15) is 4.79 Å². The molecule has 162 valence electrons. The van der Waals surface area contributed by atoms with Gasteiger partial charge in [-0.1, -0.05) is 18.2 Å². The number of fused-ring (bicyclic) bond motifs is 3. The Balaban J connectivity index is 1.51. The van der Waals surface area contributed by atoms with E-state index in [1.165, 1.54) is 18.4 Å². The van der Waals surface area contributed by atoms with Gasteiger partial charge in [-0.2, -0.15) is 0 Å². The van der Waals surface area contributed by atoms with Gasteiger partial charge in [0, 0.05) is 41.6 Å². The number of carbonyl (C=O) groups excluding carboxylic acids is 1. The molecule has 1 N–H and O–H groups in total. The van der Waals surface area contributed by atoms with Crippen LogP contribution in [-0.2, 0) is 24.1 Å². The summed E-state index contributed by atoms with van der Waals surface area (Å²) in [5, 5.41) is 4.11. The van der Waals surface area contributed by atoms with Crippen molar-refractivity contribution < 1.29 is 18.7 Å². The minimum absolute atomic E-state index is 0.122. The van der Waals surface area contributed by atoms with Crippen molar-refractivity contribution >= 4 is 22.4 Å². The van der Waals surface area contributed by atoms with Crippen LogP contribution in [0.15, 0.2) is 46.9 Å². The molecule has 0 fully saturated rings. The number of aryl methyl sites for hydroxylation is 2. The maximum Gasteiger partial charge on any atom is 0.244 e. The average Bonchev–Trinajstić information content (AvgIpc) is 3.16. The number of furan rings is 1. The van der Waals surface area contributed by atoms with Crippen LogP contribution in [0.1, 0.15) is 42.2 Å². The Morgan fingerprint density at radius 2 is 1.87 bits per heavy atom. The minimum Gasteiger partial charge on any atom is -0.496 e. The predicted octanol–water partition coefficient (Wildman–Crippen LogP) is 5.09. The number of carbonyl (C=O) groups is 1. The first kappa shape index (κ1) is 21.0. The molecular weight excluding hydrogens is 390 g/mol. The number of methoxy groups -OCH3 is 2. The fourth-order valence-electron chi connectivity index (χ4n) is 4.32. The van der Waals surface area contributed by atoms with Crippen molar-refractivity contribution in [1.29, 1.82) is 0 Å². The molecule has 0 bridgehead atoms. The monoisotopic (exact) mass is 419 g/mol. The number of rotatable bonds is 7. The van der Waals surface area contributed by atoms with Gasteiger partial charge in [-0.05, 0) is 55.9 Å². The Morgan fingerprint density at radius 3 is 2.68 bits per heavy atom. The van der Waals surface area contributed by atoms with Gasteiger partial charge in [0.05, 0.1) is 14.2 Å². The van der Waals surface area contributed by atoms with Crippen molar-refractivity contribution in [3.8, 4) is 11.5 Å². The summed E-state index contributed by atoms with van der Waals surface area (Å²) in [4.78, 5) is 12.5. The molecule has 5 nitrogen and oxygen atoms in total. The highest BCUT2D eigenvalue weighted by molar-refractivity contribution is 5.97. The quantitative estimate of drug-likeness (QED) is 0.542. The topological polar surface area (TPSA) is 60.7 Å². The molecule has 1 aliphatic carbocycles. The van der Waals surface area contributed by atoms with Gasteiger partial charge in [0.15, 0.2) is 0 Å². The lowest BCUT2D eigenvalue weighted by Crippen LogP contribution is -2.24. The number of amides is 1. The third-order valence-electron chi connectivity index (χ3n) is 5.94. The van der Waals surface area contributed by atoms with Crippen molar-refractivity contribution in [2.45, 2.75) is 39.0 Å². The molecule has 0 unspecified atom stereocenters. The van der Waals surface area contributed by atoms with Gasteiger partial charge in [0.1, 0.15) is 22.8 Å². The fourth-order valence-corrected chi connectivity index (χ4v) is 4.32. The standard InChI is InChI=1S/C26H29NO4/c1-17(14-26(28)27-13-12-18-8-4-6-10-22(18)29-2)20-15-21-19-9-5-7-11-23(19)31-25(21)16-24(20)30-3/h4,6,8,10,14-16H,5,7,9,11-13H2,1-3H3,(H,27,28)/b17-14+. The summed E-state index contributed by atoms with van der Waals surface area (Å²) in [6.07, 6.45) is 6.74. The second kappa shape index (κ2) is 9.29. The van der Waals surface area contributed by atoms with E-state index in [0.717, 1.165) is 52.0 Å². The lowest BCUT2D eigenvalue weighted by Gasteiger charge is -2.11. The molecule has 5 heteroatoms. The zero-order valence-corrected chi connectivity index (χ0v) is 18.4. The van der Waals surface area contributed by atoms with E-state index in [4.69, 9.17) is 13.9 Å². The molecule has 0 saturated heterocycles. The lowest BCUT2D eigenvalue weighted by atomic mass is 9.94. The highest BCUT2D eigenvalue weighted by Gasteiger charge is 2.20. The van der Waals surface area contributed by atoms with Gasteiger partial charge in [-0.25, -0.2) is 0 Å². The Kier molecular flexibility index (Phi) is 6.31. The van der Waals surface area contributed by atoms with Crippen LogP contribution in [0, 0.1) is 0 Å². The Hall–Kier alpha value is -3.21. The Morgan fingerprint density at radius 1 is 1.10 bits per heavy atom. The number of hydrogen-bond acceptors (Lipinski definition) is 4. The summed E-state index contributed by atoms with van der Waals surface area (Å²) < 4.78 is 17.1. The van der Waals surface area contributed by atoms with Crippen molar-refractivity contribution in [3.63, 3.8) is 0 Å². The molecule has 2 aromatic carbocycles. The van der Waals surface area contributed by atoms with Crippen molar-refractivity contribution in [2.75, 3.05) is 20.8 Å². The van der Waals surface area contributed by atoms with E-state index in [2.05, 4.69) is 11.4 Å². The van der Waals surface area contributed by atoms with Gasteiger partial charge >= 0.3 is 0 Å². The van der Waals surface area contributed by atoms with E-state index in [1.807, 2.05) is 37.3 Å². The average molecular weight is 420 g/mol. The second-order valence-electron chi connectivity index (χ2n) is 7.94. The Bertz CT molecular complexity index is 1130. The van der Waals surface area contributed by atoms with Gasteiger partial charge in [0.2, 0.25) is 5.91 Å². The van der Waals surface area contributed by atoms with Crippen molar-refractivity contribution in [2.24, 2.45) is 0 Å². The molecule has 3 aromatic rings. The summed E-state index contributed by atoms with van der Waals surface area (Å²) in [6, 6.07) is 11.9. The largest absolute Gasteiger partial charge is 0.496 e. The zero-order chi connectivity index (χ0) is 21.8. The first-order valence-electron chi connectivity index (χ1n) is 10.8. The van der Waals surface area contributed by atoms with E-state index < -0.39 is 0 Å². The smallest absolute Gasteiger partial charge is 0.244 e. The van der Waals surface area contributed by atoms with Gasteiger partial charge in [0.25, 0.3) is 0 Å². The first-order valence-corrected chi connectivity index (χ1v) is 10.8. The maximum atomic E-state index is 12.5. The van der Waals surface area contributed by atoms with E-state index in [0.29, 0.717) is 18.7 Å². The molecule has 4 rings (SSSR count). The van der Waals surface area contributed by atoms with Gasteiger partial charge in [-0.3, -0.25) is 4.79 Å². The molecule has 1 aliphatic rings. The summed E-state index contributed by atoms with van der Waals surface area (Å²) >= 11 is 0. The minimum atomic E-state index is -0.122. The summed E-state index contributed by atoms with van der Waals surface area (Å²) in [5.41, 5.74) is 5.02. The van der Waals surface area contributed by atoms with Crippen molar-refractivity contribution in [1.82, 2.24) is 5.32 Å². The number of allylic oxidation sites excluding steroid dienone is 1. The second-order valence-corrected chi connectivity index (χ2v) is 7.94. The number of para-hydroxylation sites is 1. The van der Waals surface area contributed by atoms with Gasteiger partial charge < -0.3 is 19.2 Å². The molecule has 1 heterocycles. The molecule has 0 atom stereocenters. The third-order valence-corrected chi connectivity index (χ3v) is 5.94. The molecule has 1 amide bonds. The zero-order valence-electron chi connectivity index (χ0n) is 18.4. The van der Waals surface area contributed by atoms with Crippen molar-refractivity contribution in [3.05, 3.63) is 64.9 Å². The number of benzene rings is 2. The fraction of sp³-hybridized carbons (Fsp3) is 0.346. The van der Waals surface area contributed by atoms with Crippen LogP contribution < -0.4 is 14.8 Å². The predicted molar refractivity (Wildman–Crippen MR) is 123 cm³/mol. The maximum absolute atomic E-state index is 12.5. The molecule has 1 aromatic heterocycles. The van der Waals surface area contributed by atoms with Crippen LogP contribution in [0.2, 0.25) is 0 Å². The van der Waals surface area contributed by atoms with Crippen LogP contribution in [0.4, 0.5) is 0 Å². The number of hydrogen-bond donors (Lipinski definition) is 1. The van der Waals surface area contributed by atoms with E-state index in [1.54, 1.807) is 20.3 Å². The molecule has 0 aliphatic heterocycles. The SMILES string of the molecule is COc1ccccc1CCNC(=O)/C=C(\C)c1cc2c3c(oc2cc1OC)CCCC3. The van der Waals surface area contributed by atoms with Gasteiger partial charge in [-0.15, -0.1) is 0 Å². The highest BCUT2D eigenvalue weighted by Crippen LogP contribution is 2.37. The molecule has 0 radical (unpaired) electrons. The highest BCUT2D eigenvalue weighted by atomic mass is 16.5. The van der Waals surface area contributed by atoms with Crippen LogP contribution >= 0.6 is 0 Å². The van der Waals surface area contributed by atoms with E-state index >= 15 is 0 Å². The molecule has 31 heavy (non-hydrogen) atoms. The van der Waals surface area contributed by atoms with E-state index in [-0.39, 0.29) is 5.91 Å². The van der Waals surface area contributed by atoms with Crippen LogP contribution in [-0.4, -0.2) is 26.7 Å². The summed E-state index contributed by atoms with van der Waals surface area (Å²) in [5.74, 6) is 2.53. The number of ether oxygens (including phenoxy) is 2. The molecule has 0 saturated carbocycles. The third kappa shape index (κ3) is 4.46. The molecule has 0 spiro atoms.